The number of hydrogen-bond donors (Lipinski definition) is 1. The number of aromatic amines is 1. The fourth-order valence-corrected chi connectivity index (χ4v) is 5.26. The Labute approximate surface area is 176 Å². The molecule has 0 aliphatic carbocycles. The summed E-state index contributed by atoms with van der Waals surface area (Å²) >= 11 is 0. The average molecular weight is 441 g/mol. The zero-order valence-electron chi connectivity index (χ0n) is 16.6. The second-order valence-electron chi connectivity index (χ2n) is 7.43. The van der Waals surface area contributed by atoms with Gasteiger partial charge in [0.05, 0.1) is 27.6 Å². The van der Waals surface area contributed by atoms with Gasteiger partial charge in [0.25, 0.3) is 5.56 Å². The number of H-pyrrole nitrogens is 1. The highest BCUT2D eigenvalue weighted by molar-refractivity contribution is 7.89. The van der Waals surface area contributed by atoms with Crippen LogP contribution in [0.25, 0.3) is 22.0 Å². The van der Waals surface area contributed by atoms with Crippen LogP contribution in [0.5, 0.6) is 0 Å². The minimum absolute atomic E-state index is 0.0851. The molecule has 0 atom stereocenters. The maximum absolute atomic E-state index is 13.1. The third-order valence-corrected chi connectivity index (χ3v) is 7.43. The lowest BCUT2D eigenvalue weighted by molar-refractivity contribution is 0.385. The number of aromatic nitrogens is 3. The molecule has 2 aromatic heterocycles. The van der Waals surface area contributed by atoms with Crippen molar-refractivity contribution in [2.75, 3.05) is 31.1 Å². The van der Waals surface area contributed by atoms with E-state index in [0.717, 1.165) is 5.69 Å². The molecule has 0 radical (unpaired) electrons. The van der Waals surface area contributed by atoms with Gasteiger partial charge in [-0.25, -0.2) is 18.2 Å². The summed E-state index contributed by atoms with van der Waals surface area (Å²) < 4.78 is 33.9. The molecular formula is C20H19N5O5S. The van der Waals surface area contributed by atoms with Crippen LogP contribution in [-0.2, 0) is 17.1 Å². The molecular weight excluding hydrogens is 422 g/mol. The first kappa shape index (κ1) is 19.5. The van der Waals surface area contributed by atoms with E-state index in [-0.39, 0.29) is 16.0 Å². The number of piperazine rings is 1. The monoisotopic (exact) mass is 441 g/mol. The predicted octanol–water partition coefficient (Wildman–Crippen LogP) is 0.879. The number of fused-ring (bicyclic) bond motifs is 2. The third kappa shape index (κ3) is 3.31. The van der Waals surface area contributed by atoms with Crippen molar-refractivity contribution in [2.45, 2.75) is 4.90 Å². The van der Waals surface area contributed by atoms with E-state index in [1.807, 2.05) is 12.1 Å². The number of rotatable bonds is 3. The molecule has 0 unspecified atom stereocenters. The molecule has 3 heterocycles. The average Bonchev–Trinajstić information content (AvgIpc) is 3.15. The fraction of sp³-hybridized carbons (Fsp3) is 0.250. The molecule has 160 valence electrons. The van der Waals surface area contributed by atoms with E-state index in [1.54, 1.807) is 13.1 Å². The summed E-state index contributed by atoms with van der Waals surface area (Å²) in [6, 6.07) is 9.81. The maximum Gasteiger partial charge on any atom is 0.417 e. The SMILES string of the molecule is Cn1cnc2cc(N3CCN(S(=O)(=O)c4ccc5[nH]c(=O)oc5c4)CC3)ccc2c1=O. The minimum atomic E-state index is -3.72. The number of nitrogens with one attached hydrogen (secondary N) is 1. The molecule has 5 rings (SSSR count). The van der Waals surface area contributed by atoms with Gasteiger partial charge in [0, 0.05) is 45.0 Å². The molecule has 0 amide bonds. The Hall–Kier alpha value is -3.44. The molecule has 11 heteroatoms. The van der Waals surface area contributed by atoms with Gasteiger partial charge in [0.2, 0.25) is 10.0 Å². The highest BCUT2D eigenvalue weighted by Crippen LogP contribution is 2.24. The summed E-state index contributed by atoms with van der Waals surface area (Å²) in [6.45, 7) is 1.60. The van der Waals surface area contributed by atoms with Crippen LogP contribution in [0.4, 0.5) is 5.69 Å². The van der Waals surface area contributed by atoms with Crippen LogP contribution in [0.2, 0.25) is 0 Å². The first-order valence-corrected chi connectivity index (χ1v) is 11.1. The molecule has 1 aliphatic rings. The molecule has 1 N–H and O–H groups in total. The Balaban J connectivity index is 1.36. The summed E-state index contributed by atoms with van der Waals surface area (Å²) in [5.41, 5.74) is 2.05. The Morgan fingerprint density at radius 3 is 2.58 bits per heavy atom. The third-order valence-electron chi connectivity index (χ3n) is 5.54. The van der Waals surface area contributed by atoms with E-state index in [4.69, 9.17) is 4.42 Å². The fourth-order valence-electron chi connectivity index (χ4n) is 3.82. The Morgan fingerprint density at radius 1 is 1.03 bits per heavy atom. The van der Waals surface area contributed by atoms with E-state index >= 15 is 0 Å². The van der Waals surface area contributed by atoms with Crippen molar-refractivity contribution in [2.24, 2.45) is 7.05 Å². The number of benzene rings is 2. The molecule has 10 nitrogen and oxygen atoms in total. The Bertz CT molecular complexity index is 1530. The van der Waals surface area contributed by atoms with Crippen LogP contribution in [0.15, 0.2) is 61.6 Å². The van der Waals surface area contributed by atoms with Crippen molar-refractivity contribution < 1.29 is 12.8 Å². The molecule has 0 spiro atoms. The van der Waals surface area contributed by atoms with Crippen molar-refractivity contribution in [3.8, 4) is 0 Å². The van der Waals surface area contributed by atoms with Gasteiger partial charge in [0.1, 0.15) is 0 Å². The number of aryl methyl sites for hydroxylation is 1. The molecule has 31 heavy (non-hydrogen) atoms. The van der Waals surface area contributed by atoms with Gasteiger partial charge in [-0.1, -0.05) is 0 Å². The van der Waals surface area contributed by atoms with E-state index in [0.29, 0.717) is 42.6 Å². The quantitative estimate of drug-likeness (QED) is 0.501. The van der Waals surface area contributed by atoms with Crippen molar-refractivity contribution in [1.82, 2.24) is 18.8 Å². The highest BCUT2D eigenvalue weighted by Gasteiger charge is 2.29. The summed E-state index contributed by atoms with van der Waals surface area (Å²) in [6.07, 6.45) is 1.49. The summed E-state index contributed by atoms with van der Waals surface area (Å²) in [5.74, 6) is -0.624. The zero-order valence-corrected chi connectivity index (χ0v) is 17.4. The molecule has 0 saturated carbocycles. The maximum atomic E-state index is 13.1. The minimum Gasteiger partial charge on any atom is -0.408 e. The summed E-state index contributed by atoms with van der Waals surface area (Å²) in [4.78, 5) is 32.5. The van der Waals surface area contributed by atoms with Gasteiger partial charge < -0.3 is 13.9 Å². The molecule has 0 bridgehead atoms. The molecule has 1 saturated heterocycles. The zero-order chi connectivity index (χ0) is 21.8. The second kappa shape index (κ2) is 7.06. The van der Waals surface area contributed by atoms with Gasteiger partial charge in [-0.05, 0) is 30.3 Å². The van der Waals surface area contributed by atoms with Gasteiger partial charge in [-0.3, -0.25) is 9.78 Å². The van der Waals surface area contributed by atoms with E-state index in [9.17, 15) is 18.0 Å². The van der Waals surface area contributed by atoms with E-state index in [1.165, 1.54) is 33.4 Å². The summed E-state index contributed by atoms with van der Waals surface area (Å²) in [7, 11) is -2.06. The number of anilines is 1. The van der Waals surface area contributed by atoms with Crippen molar-refractivity contribution in [1.29, 1.82) is 0 Å². The lowest BCUT2D eigenvalue weighted by Gasteiger charge is -2.35. The van der Waals surface area contributed by atoms with Crippen LogP contribution in [0.3, 0.4) is 0 Å². The first-order chi connectivity index (χ1) is 14.8. The lowest BCUT2D eigenvalue weighted by Crippen LogP contribution is -2.48. The number of hydrogen-bond acceptors (Lipinski definition) is 7. The Morgan fingerprint density at radius 2 is 1.81 bits per heavy atom. The molecule has 2 aromatic carbocycles. The number of sulfonamides is 1. The smallest absolute Gasteiger partial charge is 0.408 e. The van der Waals surface area contributed by atoms with Crippen molar-refractivity contribution in [3.05, 3.63) is 63.6 Å². The van der Waals surface area contributed by atoms with Crippen LogP contribution in [0.1, 0.15) is 0 Å². The standard InChI is InChI=1S/C20H19N5O5S/c1-23-12-21-17-10-13(2-4-15(17)19(23)26)24-6-8-25(9-7-24)31(28,29)14-3-5-16-18(11-14)30-20(27)22-16/h2-5,10-12H,6-9H2,1H3,(H,22,27). The van der Waals surface area contributed by atoms with E-state index in [2.05, 4.69) is 14.9 Å². The highest BCUT2D eigenvalue weighted by atomic mass is 32.2. The largest absolute Gasteiger partial charge is 0.417 e. The van der Waals surface area contributed by atoms with Crippen LogP contribution < -0.4 is 16.2 Å². The number of nitrogens with zero attached hydrogens (tertiary/aromatic N) is 4. The number of oxazole rings is 1. The Kier molecular flexibility index (Phi) is 4.45. The van der Waals surface area contributed by atoms with E-state index < -0.39 is 15.8 Å². The normalized spacial score (nSPS) is 15.7. The van der Waals surface area contributed by atoms with Crippen LogP contribution in [0, 0.1) is 0 Å². The first-order valence-electron chi connectivity index (χ1n) is 9.66. The molecule has 4 aromatic rings. The second-order valence-corrected chi connectivity index (χ2v) is 9.36. The molecule has 1 aliphatic heterocycles. The molecule has 1 fully saturated rings. The predicted molar refractivity (Wildman–Crippen MR) is 115 cm³/mol. The lowest BCUT2D eigenvalue weighted by atomic mass is 10.2. The van der Waals surface area contributed by atoms with Crippen LogP contribution >= 0.6 is 0 Å². The van der Waals surface area contributed by atoms with Crippen LogP contribution in [-0.4, -0.2) is 53.4 Å². The van der Waals surface area contributed by atoms with Gasteiger partial charge in [-0.2, -0.15) is 4.31 Å². The van der Waals surface area contributed by atoms with Gasteiger partial charge in [-0.15, -0.1) is 0 Å². The van der Waals surface area contributed by atoms with Crippen molar-refractivity contribution >= 4 is 37.7 Å². The topological polar surface area (TPSA) is 122 Å². The van der Waals surface area contributed by atoms with Gasteiger partial charge >= 0.3 is 5.76 Å². The van der Waals surface area contributed by atoms with Gasteiger partial charge in [0.15, 0.2) is 5.58 Å². The summed E-state index contributed by atoms with van der Waals surface area (Å²) in [5, 5.41) is 0.543. The van der Waals surface area contributed by atoms with Crippen molar-refractivity contribution in [3.63, 3.8) is 0 Å².